The van der Waals surface area contributed by atoms with Gasteiger partial charge in [-0.25, -0.2) is 4.39 Å². The second-order valence-corrected chi connectivity index (χ2v) is 5.36. The van der Waals surface area contributed by atoms with Gasteiger partial charge in [0.05, 0.1) is 6.61 Å². The van der Waals surface area contributed by atoms with Gasteiger partial charge in [-0.05, 0) is 35.7 Å². The van der Waals surface area contributed by atoms with Crippen LogP contribution in [0, 0.1) is 5.82 Å². The summed E-state index contributed by atoms with van der Waals surface area (Å²) in [6, 6.07) is 11.8. The summed E-state index contributed by atoms with van der Waals surface area (Å²) in [5, 5.41) is 12.4. The standard InChI is InChI=1S/C17H17ClFNO2/c18-15-4-2-1-3-13(15)6-8-17(22)20-10-12-5-7-16(19)14(9-12)11-21/h1-5,7,9,21H,6,8,10-11H2,(H,20,22). The fourth-order valence-corrected chi connectivity index (χ4v) is 2.33. The van der Waals surface area contributed by atoms with Crippen LogP contribution in [-0.2, 0) is 24.4 Å². The van der Waals surface area contributed by atoms with Crippen LogP contribution in [0.15, 0.2) is 42.5 Å². The highest BCUT2D eigenvalue weighted by Gasteiger charge is 2.06. The fraction of sp³-hybridized carbons (Fsp3) is 0.235. The van der Waals surface area contributed by atoms with Crippen molar-refractivity contribution in [1.29, 1.82) is 0 Å². The normalized spacial score (nSPS) is 10.5. The molecule has 5 heteroatoms. The number of aliphatic hydroxyl groups is 1. The van der Waals surface area contributed by atoms with E-state index in [-0.39, 0.29) is 18.1 Å². The number of amides is 1. The highest BCUT2D eigenvalue weighted by Crippen LogP contribution is 2.16. The summed E-state index contributed by atoms with van der Waals surface area (Å²) < 4.78 is 13.3. The molecule has 0 aromatic heterocycles. The second-order valence-electron chi connectivity index (χ2n) is 4.95. The first-order valence-corrected chi connectivity index (χ1v) is 7.36. The van der Waals surface area contributed by atoms with Crippen LogP contribution in [0.3, 0.4) is 0 Å². The van der Waals surface area contributed by atoms with Gasteiger partial charge in [-0.15, -0.1) is 0 Å². The monoisotopic (exact) mass is 321 g/mol. The first kappa shape index (κ1) is 16.5. The molecule has 116 valence electrons. The van der Waals surface area contributed by atoms with Crippen LogP contribution in [0.1, 0.15) is 23.1 Å². The van der Waals surface area contributed by atoms with E-state index in [1.165, 1.54) is 6.07 Å². The largest absolute Gasteiger partial charge is 0.392 e. The molecule has 0 heterocycles. The lowest BCUT2D eigenvalue weighted by Crippen LogP contribution is -2.23. The van der Waals surface area contributed by atoms with Crippen LogP contribution >= 0.6 is 11.6 Å². The van der Waals surface area contributed by atoms with Crippen molar-refractivity contribution in [1.82, 2.24) is 5.32 Å². The minimum atomic E-state index is -0.448. The lowest BCUT2D eigenvalue weighted by atomic mass is 10.1. The molecule has 0 spiro atoms. The molecule has 2 N–H and O–H groups in total. The smallest absolute Gasteiger partial charge is 0.220 e. The molecule has 0 bridgehead atoms. The number of halogens is 2. The van der Waals surface area contributed by atoms with E-state index in [4.69, 9.17) is 16.7 Å². The van der Waals surface area contributed by atoms with Gasteiger partial charge in [0.2, 0.25) is 5.91 Å². The van der Waals surface area contributed by atoms with Crippen LogP contribution in [0.25, 0.3) is 0 Å². The van der Waals surface area contributed by atoms with Crippen molar-refractivity contribution in [2.45, 2.75) is 26.0 Å². The summed E-state index contributed by atoms with van der Waals surface area (Å²) in [6.07, 6.45) is 0.897. The van der Waals surface area contributed by atoms with Crippen LogP contribution in [0.5, 0.6) is 0 Å². The minimum Gasteiger partial charge on any atom is -0.392 e. The Bertz CT molecular complexity index is 661. The summed E-state index contributed by atoms with van der Waals surface area (Å²) >= 11 is 6.04. The third-order valence-electron chi connectivity index (χ3n) is 3.35. The maximum atomic E-state index is 13.3. The average molecular weight is 322 g/mol. The van der Waals surface area contributed by atoms with Crippen LogP contribution in [0.4, 0.5) is 4.39 Å². The van der Waals surface area contributed by atoms with Gasteiger partial charge in [0.1, 0.15) is 5.82 Å². The number of hydrogen-bond acceptors (Lipinski definition) is 2. The predicted molar refractivity (Wildman–Crippen MR) is 83.9 cm³/mol. The molecule has 0 saturated carbocycles. The third-order valence-corrected chi connectivity index (χ3v) is 3.72. The van der Waals surface area contributed by atoms with Gasteiger partial charge in [-0.1, -0.05) is 35.9 Å². The van der Waals surface area contributed by atoms with E-state index in [1.54, 1.807) is 18.2 Å². The Morgan fingerprint density at radius 1 is 1.18 bits per heavy atom. The van der Waals surface area contributed by atoms with Crippen molar-refractivity contribution < 1.29 is 14.3 Å². The fourth-order valence-electron chi connectivity index (χ4n) is 2.10. The third kappa shape index (κ3) is 4.55. The maximum Gasteiger partial charge on any atom is 0.220 e. The Labute approximate surface area is 133 Å². The van der Waals surface area contributed by atoms with E-state index >= 15 is 0 Å². The van der Waals surface area contributed by atoms with Crippen molar-refractivity contribution in [3.05, 3.63) is 70.0 Å². The average Bonchev–Trinajstić information content (AvgIpc) is 2.53. The highest BCUT2D eigenvalue weighted by atomic mass is 35.5. The first-order chi connectivity index (χ1) is 10.6. The number of carbonyl (C=O) groups is 1. The number of aliphatic hydroxyl groups excluding tert-OH is 1. The van der Waals surface area contributed by atoms with Crippen molar-refractivity contribution in [3.63, 3.8) is 0 Å². The number of carbonyl (C=O) groups excluding carboxylic acids is 1. The molecule has 0 unspecified atom stereocenters. The number of nitrogens with one attached hydrogen (secondary N) is 1. The Kier molecular flexibility index (Phi) is 5.92. The van der Waals surface area contributed by atoms with Gasteiger partial charge >= 0.3 is 0 Å². The topological polar surface area (TPSA) is 49.3 Å². The van der Waals surface area contributed by atoms with E-state index in [9.17, 15) is 9.18 Å². The molecule has 22 heavy (non-hydrogen) atoms. The zero-order valence-corrected chi connectivity index (χ0v) is 12.7. The number of rotatable bonds is 6. The molecular formula is C17H17ClFNO2. The van der Waals surface area contributed by atoms with E-state index in [0.29, 0.717) is 24.4 Å². The lowest BCUT2D eigenvalue weighted by molar-refractivity contribution is -0.121. The van der Waals surface area contributed by atoms with E-state index in [0.717, 1.165) is 11.1 Å². The molecule has 3 nitrogen and oxygen atoms in total. The summed E-state index contributed by atoms with van der Waals surface area (Å²) in [7, 11) is 0. The molecule has 2 rings (SSSR count). The zero-order valence-electron chi connectivity index (χ0n) is 12.0. The highest BCUT2D eigenvalue weighted by molar-refractivity contribution is 6.31. The van der Waals surface area contributed by atoms with Crippen LogP contribution in [0.2, 0.25) is 5.02 Å². The Morgan fingerprint density at radius 3 is 2.68 bits per heavy atom. The van der Waals surface area contributed by atoms with Gasteiger partial charge in [-0.2, -0.15) is 0 Å². The molecule has 0 aliphatic carbocycles. The molecule has 0 aliphatic heterocycles. The van der Waals surface area contributed by atoms with Crippen molar-refractivity contribution >= 4 is 17.5 Å². The van der Waals surface area contributed by atoms with Gasteiger partial charge in [0, 0.05) is 23.6 Å². The molecule has 0 atom stereocenters. The van der Waals surface area contributed by atoms with Gasteiger partial charge in [-0.3, -0.25) is 4.79 Å². The molecule has 0 saturated heterocycles. The second kappa shape index (κ2) is 7.92. The molecule has 2 aromatic rings. The summed E-state index contributed by atoms with van der Waals surface area (Å²) in [6.45, 7) is -0.0608. The van der Waals surface area contributed by atoms with E-state index in [1.807, 2.05) is 18.2 Å². The Morgan fingerprint density at radius 2 is 1.95 bits per heavy atom. The summed E-state index contributed by atoms with van der Waals surface area (Å²) in [4.78, 5) is 11.8. The number of benzene rings is 2. The first-order valence-electron chi connectivity index (χ1n) is 6.98. The number of hydrogen-bond donors (Lipinski definition) is 2. The van der Waals surface area contributed by atoms with Crippen molar-refractivity contribution in [3.8, 4) is 0 Å². The van der Waals surface area contributed by atoms with Crippen molar-refractivity contribution in [2.75, 3.05) is 0 Å². The van der Waals surface area contributed by atoms with E-state index < -0.39 is 5.82 Å². The van der Waals surface area contributed by atoms with Gasteiger partial charge < -0.3 is 10.4 Å². The van der Waals surface area contributed by atoms with Crippen LogP contribution in [-0.4, -0.2) is 11.0 Å². The molecular weight excluding hydrogens is 305 g/mol. The van der Waals surface area contributed by atoms with E-state index in [2.05, 4.69) is 5.32 Å². The SMILES string of the molecule is O=C(CCc1ccccc1Cl)NCc1ccc(F)c(CO)c1. The van der Waals surface area contributed by atoms with Gasteiger partial charge in [0.15, 0.2) is 0 Å². The van der Waals surface area contributed by atoms with Crippen molar-refractivity contribution in [2.24, 2.45) is 0 Å². The van der Waals surface area contributed by atoms with Gasteiger partial charge in [0.25, 0.3) is 0 Å². The molecule has 1 amide bonds. The summed E-state index contributed by atoms with van der Waals surface area (Å²) in [5.41, 5.74) is 1.91. The predicted octanol–water partition coefficient (Wildman–Crippen LogP) is 3.22. The molecule has 0 radical (unpaired) electrons. The number of aryl methyl sites for hydroxylation is 1. The zero-order chi connectivity index (χ0) is 15.9. The Balaban J connectivity index is 1.84. The summed E-state index contributed by atoms with van der Waals surface area (Å²) in [5.74, 6) is -0.550. The molecule has 0 aliphatic rings. The molecule has 0 fully saturated rings. The molecule has 2 aromatic carbocycles. The Hall–Kier alpha value is -1.91. The minimum absolute atomic E-state index is 0.102. The van der Waals surface area contributed by atoms with Crippen LogP contribution < -0.4 is 5.32 Å². The maximum absolute atomic E-state index is 13.3. The quantitative estimate of drug-likeness (QED) is 0.858. The lowest BCUT2D eigenvalue weighted by Gasteiger charge is -2.08.